The smallest absolute Gasteiger partial charge is 0.408 e. The molecule has 1 atom stereocenters. The van der Waals surface area contributed by atoms with Gasteiger partial charge >= 0.3 is 6.18 Å². The quantitative estimate of drug-likeness (QED) is 0.750. The molecule has 0 unspecified atom stereocenters. The van der Waals surface area contributed by atoms with Crippen molar-refractivity contribution in [2.24, 2.45) is 0 Å². The zero-order valence-electron chi connectivity index (χ0n) is 12.4. The normalized spacial score (nSPS) is 17.1. The lowest BCUT2D eigenvalue weighted by Gasteiger charge is -2.37. The Bertz CT molecular complexity index is 512. The van der Waals surface area contributed by atoms with Gasteiger partial charge in [-0.3, -0.25) is 9.88 Å². The highest BCUT2D eigenvalue weighted by molar-refractivity contribution is 5.85. The van der Waals surface area contributed by atoms with Crippen LogP contribution in [0.1, 0.15) is 22.9 Å². The minimum Gasteiger partial charge on any atom is -0.506 e. The summed E-state index contributed by atoms with van der Waals surface area (Å²) < 4.78 is 40.6. The van der Waals surface area contributed by atoms with Crippen molar-refractivity contribution in [3.8, 4) is 5.75 Å². The van der Waals surface area contributed by atoms with E-state index < -0.39 is 24.6 Å². The molecule has 0 bridgehead atoms. The molecule has 0 saturated carbocycles. The van der Waals surface area contributed by atoms with Crippen molar-refractivity contribution >= 4 is 24.8 Å². The molecular formula is C13H20Cl2F3N3O2. The first-order chi connectivity index (χ1) is 9.86. The Balaban J connectivity index is 0.00000242. The molecule has 0 radical (unpaired) electrons. The third-order valence-corrected chi connectivity index (χ3v) is 3.63. The number of rotatable bonds is 3. The Hall–Kier alpha value is -0.800. The van der Waals surface area contributed by atoms with E-state index in [9.17, 15) is 23.4 Å². The highest BCUT2D eigenvalue weighted by Gasteiger charge is 2.47. The van der Waals surface area contributed by atoms with Gasteiger partial charge in [0, 0.05) is 43.5 Å². The Morgan fingerprint density at radius 3 is 2.35 bits per heavy atom. The molecule has 1 fully saturated rings. The first-order valence-electron chi connectivity index (χ1n) is 6.66. The van der Waals surface area contributed by atoms with Crippen molar-refractivity contribution in [3.05, 3.63) is 23.0 Å². The fourth-order valence-corrected chi connectivity index (χ4v) is 2.58. The van der Waals surface area contributed by atoms with Gasteiger partial charge in [0.1, 0.15) is 11.8 Å². The Labute approximate surface area is 144 Å². The van der Waals surface area contributed by atoms with E-state index in [1.54, 1.807) is 0 Å². The lowest BCUT2D eigenvalue weighted by Crippen LogP contribution is -2.49. The van der Waals surface area contributed by atoms with Gasteiger partial charge < -0.3 is 15.5 Å². The molecule has 3 N–H and O–H groups in total. The van der Waals surface area contributed by atoms with Gasteiger partial charge in [-0.15, -0.1) is 24.8 Å². The highest BCUT2D eigenvalue weighted by Crippen LogP contribution is 2.43. The molecule has 134 valence electrons. The number of pyridine rings is 1. The molecule has 23 heavy (non-hydrogen) atoms. The third-order valence-electron chi connectivity index (χ3n) is 3.63. The molecule has 1 aromatic heterocycles. The standard InChI is InChI=1S/C13H18F3N3O2.2ClH/c1-8-11(21)10(9(7-20)6-18-8)12(13(14,15)16)19-4-2-17-3-5-19;;/h6,12,17,20-21H,2-5,7H2,1H3;2*1H/t12-;;/m0../s1. The number of nitrogens with one attached hydrogen (secondary N) is 1. The van der Waals surface area contributed by atoms with Crippen LogP contribution in [0.5, 0.6) is 5.75 Å². The summed E-state index contributed by atoms with van der Waals surface area (Å²) in [6, 6.07) is -1.94. The summed E-state index contributed by atoms with van der Waals surface area (Å²) in [4.78, 5) is 5.08. The van der Waals surface area contributed by atoms with Crippen molar-refractivity contribution < 1.29 is 23.4 Å². The Morgan fingerprint density at radius 1 is 1.30 bits per heavy atom. The maximum absolute atomic E-state index is 13.5. The molecule has 0 aliphatic carbocycles. The van der Waals surface area contributed by atoms with Gasteiger partial charge in [0.2, 0.25) is 0 Å². The van der Waals surface area contributed by atoms with Gasteiger partial charge in [-0.2, -0.15) is 13.2 Å². The summed E-state index contributed by atoms with van der Waals surface area (Å²) in [5.41, 5.74) is -0.176. The van der Waals surface area contributed by atoms with Gasteiger partial charge in [-0.1, -0.05) is 0 Å². The molecule has 1 aromatic rings. The first kappa shape index (κ1) is 22.2. The maximum Gasteiger partial charge on any atom is 0.408 e. The van der Waals surface area contributed by atoms with Crippen molar-refractivity contribution in [2.75, 3.05) is 26.2 Å². The van der Waals surface area contributed by atoms with E-state index in [4.69, 9.17) is 0 Å². The Morgan fingerprint density at radius 2 is 1.87 bits per heavy atom. The van der Waals surface area contributed by atoms with Crippen LogP contribution in [-0.4, -0.2) is 52.5 Å². The monoisotopic (exact) mass is 377 g/mol. The van der Waals surface area contributed by atoms with Crippen LogP contribution in [0.25, 0.3) is 0 Å². The predicted octanol–water partition coefficient (Wildman–Crippen LogP) is 1.94. The van der Waals surface area contributed by atoms with Crippen LogP contribution in [0.2, 0.25) is 0 Å². The molecule has 5 nitrogen and oxygen atoms in total. The molecule has 2 heterocycles. The number of halogens is 5. The van der Waals surface area contributed by atoms with Crippen LogP contribution < -0.4 is 5.32 Å². The predicted molar refractivity (Wildman–Crippen MR) is 84.3 cm³/mol. The number of aliphatic hydroxyl groups is 1. The van der Waals surface area contributed by atoms with E-state index in [0.29, 0.717) is 13.1 Å². The van der Waals surface area contributed by atoms with Crippen LogP contribution in [0.4, 0.5) is 13.2 Å². The van der Waals surface area contributed by atoms with Crippen molar-refractivity contribution in [1.82, 2.24) is 15.2 Å². The van der Waals surface area contributed by atoms with Crippen LogP contribution in [0.15, 0.2) is 6.20 Å². The van der Waals surface area contributed by atoms with E-state index in [-0.39, 0.29) is 54.7 Å². The van der Waals surface area contributed by atoms with Crippen LogP contribution >= 0.6 is 24.8 Å². The minimum absolute atomic E-state index is 0. The summed E-state index contributed by atoms with van der Waals surface area (Å²) in [5.74, 6) is -0.498. The number of hydrogen-bond donors (Lipinski definition) is 3. The molecule has 0 spiro atoms. The molecule has 2 rings (SSSR count). The zero-order chi connectivity index (χ0) is 15.6. The summed E-state index contributed by atoms with van der Waals surface area (Å²) in [7, 11) is 0. The number of aryl methyl sites for hydroxylation is 1. The average molecular weight is 378 g/mol. The second kappa shape index (κ2) is 8.89. The second-order valence-electron chi connectivity index (χ2n) is 5.02. The van der Waals surface area contributed by atoms with Gasteiger partial charge in [0.15, 0.2) is 0 Å². The van der Waals surface area contributed by atoms with Crippen molar-refractivity contribution in [1.29, 1.82) is 0 Å². The fraction of sp³-hybridized carbons (Fsp3) is 0.615. The fourth-order valence-electron chi connectivity index (χ4n) is 2.58. The van der Waals surface area contributed by atoms with Gasteiger partial charge in [0.25, 0.3) is 0 Å². The van der Waals surface area contributed by atoms with Gasteiger partial charge in [-0.25, -0.2) is 0 Å². The third kappa shape index (κ3) is 4.84. The topological polar surface area (TPSA) is 68.6 Å². The summed E-state index contributed by atoms with van der Waals surface area (Å²) in [6.45, 7) is 2.17. The number of aliphatic hydroxyl groups excluding tert-OH is 1. The minimum atomic E-state index is -4.55. The SMILES string of the molecule is Cc1ncc(CO)c([C@H](N2CCNCC2)C(F)(F)F)c1O.Cl.Cl. The summed E-state index contributed by atoms with van der Waals surface area (Å²) >= 11 is 0. The lowest BCUT2D eigenvalue weighted by atomic mass is 9.97. The van der Waals surface area contributed by atoms with Crippen LogP contribution in [0.3, 0.4) is 0 Å². The van der Waals surface area contributed by atoms with Crippen LogP contribution in [0, 0.1) is 6.92 Å². The maximum atomic E-state index is 13.5. The number of hydrogen-bond acceptors (Lipinski definition) is 5. The number of nitrogens with zero attached hydrogens (tertiary/aromatic N) is 2. The largest absolute Gasteiger partial charge is 0.506 e. The van der Waals surface area contributed by atoms with Gasteiger partial charge in [0.05, 0.1) is 12.3 Å². The van der Waals surface area contributed by atoms with E-state index in [0.717, 1.165) is 0 Å². The van der Waals surface area contributed by atoms with E-state index in [1.165, 1.54) is 18.0 Å². The molecular weight excluding hydrogens is 358 g/mol. The lowest BCUT2D eigenvalue weighted by molar-refractivity contribution is -0.188. The number of aromatic hydroxyl groups is 1. The summed E-state index contributed by atoms with van der Waals surface area (Å²) in [6.07, 6.45) is -3.36. The van der Waals surface area contributed by atoms with Crippen LogP contribution in [-0.2, 0) is 6.61 Å². The van der Waals surface area contributed by atoms with E-state index in [1.807, 2.05) is 0 Å². The Kier molecular flexibility index (Phi) is 8.58. The van der Waals surface area contributed by atoms with Crippen molar-refractivity contribution in [2.45, 2.75) is 25.7 Å². The molecule has 0 amide bonds. The van der Waals surface area contributed by atoms with Gasteiger partial charge in [-0.05, 0) is 6.92 Å². The van der Waals surface area contributed by atoms with Crippen molar-refractivity contribution in [3.63, 3.8) is 0 Å². The molecule has 10 heteroatoms. The summed E-state index contributed by atoms with van der Waals surface area (Å²) in [5, 5.41) is 22.3. The molecule has 1 aliphatic heterocycles. The number of piperazine rings is 1. The number of alkyl halides is 3. The van der Waals surface area contributed by atoms with E-state index >= 15 is 0 Å². The molecule has 1 aliphatic rings. The number of aromatic nitrogens is 1. The average Bonchev–Trinajstić information content (AvgIpc) is 2.44. The second-order valence-corrected chi connectivity index (χ2v) is 5.02. The first-order valence-corrected chi connectivity index (χ1v) is 6.66. The van der Waals surface area contributed by atoms with E-state index in [2.05, 4.69) is 10.3 Å². The zero-order valence-corrected chi connectivity index (χ0v) is 14.1. The highest BCUT2D eigenvalue weighted by atomic mass is 35.5. The molecule has 0 aromatic carbocycles. The molecule has 1 saturated heterocycles.